The smallest absolute Gasteiger partial charge is 0.193 e. The molecular formula is C17H28IN3O. The molecular weight excluding hydrogens is 389 g/mol. The number of hydrogen-bond donors (Lipinski definition) is 1. The molecule has 4 nitrogen and oxygen atoms in total. The van der Waals surface area contributed by atoms with E-state index in [1.807, 2.05) is 38.2 Å². The first kappa shape index (κ1) is 20.8. The number of aliphatic imine (C=N–C) groups is 1. The van der Waals surface area contributed by atoms with E-state index in [9.17, 15) is 0 Å². The van der Waals surface area contributed by atoms with E-state index in [2.05, 4.69) is 27.9 Å². The standard InChI is InChI=1S/C17H27N3O.HI/c1-5-7-10-13-20(4)17(18-3)19-14-15-11-8-9-12-16(15)21-6-2;/h5,8-9,11-12H,1,6-7,10,13-14H2,2-4H3,(H,18,19);1H. The second kappa shape index (κ2) is 12.3. The predicted molar refractivity (Wildman–Crippen MR) is 105 cm³/mol. The Hall–Kier alpha value is -1.24. The Morgan fingerprint density at radius 2 is 2.14 bits per heavy atom. The van der Waals surface area contributed by atoms with Crippen molar-refractivity contribution in [2.75, 3.05) is 27.2 Å². The predicted octanol–water partition coefficient (Wildman–Crippen LogP) is 3.68. The average Bonchev–Trinajstić information content (AvgIpc) is 2.50. The van der Waals surface area contributed by atoms with Gasteiger partial charge < -0.3 is 15.0 Å². The van der Waals surface area contributed by atoms with Gasteiger partial charge in [-0.15, -0.1) is 30.6 Å². The maximum atomic E-state index is 5.64. The molecule has 0 bridgehead atoms. The molecule has 0 aliphatic rings. The lowest BCUT2D eigenvalue weighted by Crippen LogP contribution is -2.39. The lowest BCUT2D eigenvalue weighted by Gasteiger charge is -2.22. The van der Waals surface area contributed by atoms with Crippen LogP contribution in [0.3, 0.4) is 0 Å². The molecule has 1 aromatic carbocycles. The van der Waals surface area contributed by atoms with Crippen LogP contribution in [-0.2, 0) is 6.54 Å². The van der Waals surface area contributed by atoms with Crippen LogP contribution in [0.2, 0.25) is 0 Å². The van der Waals surface area contributed by atoms with Crippen molar-refractivity contribution in [3.63, 3.8) is 0 Å². The molecule has 5 heteroatoms. The second-order valence-corrected chi connectivity index (χ2v) is 4.79. The fourth-order valence-electron chi connectivity index (χ4n) is 2.08. The SMILES string of the molecule is C=CCCCN(C)C(=NC)NCc1ccccc1OCC.I. The van der Waals surface area contributed by atoms with Crippen molar-refractivity contribution >= 4 is 29.9 Å². The molecule has 1 aromatic rings. The molecule has 0 unspecified atom stereocenters. The molecule has 0 saturated heterocycles. The van der Waals surface area contributed by atoms with Crippen molar-refractivity contribution in [2.24, 2.45) is 4.99 Å². The van der Waals surface area contributed by atoms with Gasteiger partial charge >= 0.3 is 0 Å². The van der Waals surface area contributed by atoms with E-state index in [0.717, 1.165) is 36.7 Å². The number of ether oxygens (including phenoxy) is 1. The lowest BCUT2D eigenvalue weighted by atomic mass is 10.2. The number of nitrogens with one attached hydrogen (secondary N) is 1. The fourth-order valence-corrected chi connectivity index (χ4v) is 2.08. The summed E-state index contributed by atoms with van der Waals surface area (Å²) in [6, 6.07) is 8.08. The van der Waals surface area contributed by atoms with Gasteiger partial charge in [-0.05, 0) is 25.8 Å². The van der Waals surface area contributed by atoms with E-state index >= 15 is 0 Å². The number of halogens is 1. The Bertz CT molecular complexity index is 463. The summed E-state index contributed by atoms with van der Waals surface area (Å²) in [5.74, 6) is 1.82. The van der Waals surface area contributed by atoms with Crippen LogP contribution in [-0.4, -0.2) is 38.1 Å². The number of hydrogen-bond acceptors (Lipinski definition) is 2. The minimum absolute atomic E-state index is 0. The highest BCUT2D eigenvalue weighted by atomic mass is 127. The molecule has 124 valence electrons. The number of para-hydroxylation sites is 1. The third-order valence-electron chi connectivity index (χ3n) is 3.18. The Morgan fingerprint density at radius 1 is 1.41 bits per heavy atom. The first-order valence-electron chi connectivity index (χ1n) is 7.46. The van der Waals surface area contributed by atoms with Crippen LogP contribution in [0, 0.1) is 0 Å². The Morgan fingerprint density at radius 3 is 2.77 bits per heavy atom. The number of unbranched alkanes of at least 4 members (excludes halogenated alkanes) is 1. The van der Waals surface area contributed by atoms with E-state index in [-0.39, 0.29) is 24.0 Å². The van der Waals surface area contributed by atoms with Gasteiger partial charge in [0, 0.05) is 32.7 Å². The summed E-state index contributed by atoms with van der Waals surface area (Å²) in [6.07, 6.45) is 4.05. The summed E-state index contributed by atoms with van der Waals surface area (Å²) >= 11 is 0. The van der Waals surface area contributed by atoms with Crippen molar-refractivity contribution in [3.05, 3.63) is 42.5 Å². The minimum atomic E-state index is 0. The zero-order valence-corrected chi connectivity index (χ0v) is 16.2. The minimum Gasteiger partial charge on any atom is -0.494 e. The molecule has 0 aliphatic carbocycles. The van der Waals surface area contributed by atoms with Crippen LogP contribution in [0.4, 0.5) is 0 Å². The zero-order valence-electron chi connectivity index (χ0n) is 13.8. The van der Waals surface area contributed by atoms with Crippen LogP contribution >= 0.6 is 24.0 Å². The number of guanidine groups is 1. The van der Waals surface area contributed by atoms with Crippen LogP contribution in [0.1, 0.15) is 25.3 Å². The van der Waals surface area contributed by atoms with Gasteiger partial charge in [-0.2, -0.15) is 0 Å². The third-order valence-corrected chi connectivity index (χ3v) is 3.18. The van der Waals surface area contributed by atoms with E-state index < -0.39 is 0 Å². The normalized spacial score (nSPS) is 10.6. The number of allylic oxidation sites excluding steroid dienone is 1. The highest BCUT2D eigenvalue weighted by Crippen LogP contribution is 2.17. The molecule has 0 radical (unpaired) electrons. The van der Waals surface area contributed by atoms with Crippen molar-refractivity contribution in [1.29, 1.82) is 0 Å². The van der Waals surface area contributed by atoms with Gasteiger partial charge in [-0.3, -0.25) is 4.99 Å². The summed E-state index contributed by atoms with van der Waals surface area (Å²) in [5.41, 5.74) is 1.14. The molecule has 0 heterocycles. The van der Waals surface area contributed by atoms with Gasteiger partial charge in [0.2, 0.25) is 0 Å². The Kier molecular flexibility index (Phi) is 11.6. The van der Waals surface area contributed by atoms with E-state index in [1.54, 1.807) is 7.05 Å². The number of rotatable bonds is 8. The monoisotopic (exact) mass is 417 g/mol. The van der Waals surface area contributed by atoms with E-state index in [4.69, 9.17) is 4.74 Å². The average molecular weight is 417 g/mol. The number of benzene rings is 1. The molecule has 0 fully saturated rings. The van der Waals surface area contributed by atoms with Gasteiger partial charge in [0.25, 0.3) is 0 Å². The second-order valence-electron chi connectivity index (χ2n) is 4.79. The van der Waals surface area contributed by atoms with Crippen molar-refractivity contribution in [3.8, 4) is 5.75 Å². The van der Waals surface area contributed by atoms with Gasteiger partial charge in [0.15, 0.2) is 5.96 Å². The van der Waals surface area contributed by atoms with Crippen molar-refractivity contribution in [2.45, 2.75) is 26.3 Å². The molecule has 1 N–H and O–H groups in total. The molecule has 0 aliphatic heterocycles. The van der Waals surface area contributed by atoms with Gasteiger partial charge in [0.05, 0.1) is 6.61 Å². The van der Waals surface area contributed by atoms with Gasteiger partial charge in [-0.1, -0.05) is 24.3 Å². The first-order valence-corrected chi connectivity index (χ1v) is 7.46. The van der Waals surface area contributed by atoms with Crippen LogP contribution < -0.4 is 10.1 Å². The highest BCUT2D eigenvalue weighted by Gasteiger charge is 2.07. The molecule has 0 aromatic heterocycles. The molecule has 0 amide bonds. The quantitative estimate of drug-likeness (QED) is 0.231. The number of nitrogens with zero attached hydrogens (tertiary/aromatic N) is 2. The summed E-state index contributed by atoms with van der Waals surface area (Å²) in [5, 5.41) is 3.38. The van der Waals surface area contributed by atoms with Crippen LogP contribution in [0.15, 0.2) is 41.9 Å². The summed E-state index contributed by atoms with van der Waals surface area (Å²) < 4.78 is 5.64. The van der Waals surface area contributed by atoms with Gasteiger partial charge in [0.1, 0.15) is 5.75 Å². The molecule has 0 saturated carbocycles. The van der Waals surface area contributed by atoms with Crippen LogP contribution in [0.25, 0.3) is 0 Å². The zero-order chi connectivity index (χ0) is 15.5. The third kappa shape index (κ3) is 7.15. The Balaban J connectivity index is 0.00000441. The van der Waals surface area contributed by atoms with E-state index in [1.165, 1.54) is 0 Å². The van der Waals surface area contributed by atoms with Crippen molar-refractivity contribution in [1.82, 2.24) is 10.2 Å². The first-order chi connectivity index (χ1) is 10.2. The Labute approximate surface area is 151 Å². The van der Waals surface area contributed by atoms with E-state index in [0.29, 0.717) is 13.2 Å². The lowest BCUT2D eigenvalue weighted by molar-refractivity contribution is 0.336. The fraction of sp³-hybridized carbons (Fsp3) is 0.471. The largest absolute Gasteiger partial charge is 0.494 e. The summed E-state index contributed by atoms with van der Waals surface area (Å²) in [6.45, 7) is 8.08. The molecule has 1 rings (SSSR count). The highest BCUT2D eigenvalue weighted by molar-refractivity contribution is 14.0. The van der Waals surface area contributed by atoms with Crippen LogP contribution in [0.5, 0.6) is 5.75 Å². The molecule has 0 spiro atoms. The summed E-state index contributed by atoms with van der Waals surface area (Å²) in [4.78, 5) is 6.45. The maximum Gasteiger partial charge on any atom is 0.193 e. The van der Waals surface area contributed by atoms with Crippen molar-refractivity contribution < 1.29 is 4.74 Å². The summed E-state index contributed by atoms with van der Waals surface area (Å²) in [7, 11) is 3.85. The van der Waals surface area contributed by atoms with Gasteiger partial charge in [-0.25, -0.2) is 0 Å². The molecule has 0 atom stereocenters. The maximum absolute atomic E-state index is 5.64. The topological polar surface area (TPSA) is 36.9 Å². The molecule has 22 heavy (non-hydrogen) atoms.